The van der Waals surface area contributed by atoms with Crippen molar-refractivity contribution in [3.05, 3.63) is 40.3 Å². The maximum absolute atomic E-state index is 4.37. The summed E-state index contributed by atoms with van der Waals surface area (Å²) in [5.74, 6) is 0.832. The molecule has 14 heavy (non-hydrogen) atoms. The molecule has 0 saturated carbocycles. The number of aromatic nitrogens is 3. The van der Waals surface area contributed by atoms with Crippen LogP contribution in [0.3, 0.4) is 0 Å². The van der Waals surface area contributed by atoms with E-state index in [0.29, 0.717) is 0 Å². The highest BCUT2D eigenvalue weighted by Crippen LogP contribution is 2.18. The summed E-state index contributed by atoms with van der Waals surface area (Å²) < 4.78 is 2.78. The number of aryl methyl sites for hydroxylation is 2. The predicted molar refractivity (Wildman–Crippen MR) is 58.5 cm³/mol. The van der Waals surface area contributed by atoms with Gasteiger partial charge in [-0.2, -0.15) is 5.10 Å². The van der Waals surface area contributed by atoms with Crippen LogP contribution >= 0.6 is 15.9 Å². The van der Waals surface area contributed by atoms with Crippen LogP contribution in [0, 0.1) is 13.8 Å². The van der Waals surface area contributed by atoms with Gasteiger partial charge in [0, 0.05) is 11.9 Å². The van der Waals surface area contributed by atoms with E-state index in [0.717, 1.165) is 21.7 Å². The molecule has 3 nitrogen and oxygen atoms in total. The summed E-state index contributed by atoms with van der Waals surface area (Å²) in [6.45, 7) is 3.99. The van der Waals surface area contributed by atoms with Gasteiger partial charge in [-0.15, -0.1) is 0 Å². The minimum Gasteiger partial charge on any atom is -0.236 e. The van der Waals surface area contributed by atoms with Crippen LogP contribution in [0.15, 0.2) is 28.9 Å². The van der Waals surface area contributed by atoms with E-state index in [4.69, 9.17) is 0 Å². The molecule has 0 spiro atoms. The Morgan fingerprint density at radius 1 is 1.36 bits per heavy atom. The molecule has 0 unspecified atom stereocenters. The Morgan fingerprint density at radius 2 is 2.14 bits per heavy atom. The van der Waals surface area contributed by atoms with E-state index < -0.39 is 0 Å². The number of hydrogen-bond acceptors (Lipinski definition) is 2. The number of hydrogen-bond donors (Lipinski definition) is 0. The highest BCUT2D eigenvalue weighted by Gasteiger charge is 2.07. The Morgan fingerprint density at radius 3 is 2.71 bits per heavy atom. The van der Waals surface area contributed by atoms with Crippen LogP contribution in [0.5, 0.6) is 0 Å². The van der Waals surface area contributed by atoms with Crippen molar-refractivity contribution in [2.24, 2.45) is 0 Å². The van der Waals surface area contributed by atoms with Crippen molar-refractivity contribution in [1.82, 2.24) is 14.8 Å². The molecule has 0 bridgehead atoms. The largest absolute Gasteiger partial charge is 0.236 e. The molecule has 0 aliphatic heterocycles. The van der Waals surface area contributed by atoms with E-state index in [1.807, 2.05) is 36.7 Å². The van der Waals surface area contributed by atoms with Crippen molar-refractivity contribution in [1.29, 1.82) is 0 Å². The minimum absolute atomic E-state index is 0.832. The first kappa shape index (κ1) is 9.40. The molecule has 0 amide bonds. The Hall–Kier alpha value is -1.16. The maximum Gasteiger partial charge on any atom is 0.167 e. The molecule has 0 aliphatic rings. The monoisotopic (exact) mass is 251 g/mol. The number of rotatable bonds is 1. The van der Waals surface area contributed by atoms with Gasteiger partial charge in [-0.3, -0.25) is 0 Å². The third-order valence-electron chi connectivity index (χ3n) is 1.95. The molecule has 0 aromatic carbocycles. The van der Waals surface area contributed by atoms with Crippen molar-refractivity contribution in [3.63, 3.8) is 0 Å². The van der Waals surface area contributed by atoms with Gasteiger partial charge < -0.3 is 0 Å². The van der Waals surface area contributed by atoms with Crippen LogP contribution in [0.25, 0.3) is 5.82 Å². The van der Waals surface area contributed by atoms with Crippen LogP contribution in [-0.4, -0.2) is 14.8 Å². The van der Waals surface area contributed by atoms with E-state index in [2.05, 4.69) is 26.0 Å². The van der Waals surface area contributed by atoms with E-state index in [-0.39, 0.29) is 0 Å². The number of nitrogens with zero attached hydrogens (tertiary/aromatic N) is 3. The Kier molecular flexibility index (Phi) is 2.37. The van der Waals surface area contributed by atoms with Crippen LogP contribution < -0.4 is 0 Å². The van der Waals surface area contributed by atoms with Crippen LogP contribution in [0.2, 0.25) is 0 Å². The first-order chi connectivity index (χ1) is 6.68. The maximum atomic E-state index is 4.37. The SMILES string of the molecule is Cc1cc(C)n(-c2ncccc2Br)n1. The van der Waals surface area contributed by atoms with Gasteiger partial charge in [0.2, 0.25) is 0 Å². The smallest absolute Gasteiger partial charge is 0.167 e. The summed E-state index contributed by atoms with van der Waals surface area (Å²) in [5, 5.41) is 4.37. The number of pyridine rings is 1. The summed E-state index contributed by atoms with van der Waals surface area (Å²) in [7, 11) is 0. The molecular weight excluding hydrogens is 242 g/mol. The fourth-order valence-corrected chi connectivity index (χ4v) is 1.80. The third kappa shape index (κ3) is 1.57. The fourth-order valence-electron chi connectivity index (χ4n) is 1.38. The van der Waals surface area contributed by atoms with E-state index in [9.17, 15) is 0 Å². The lowest BCUT2D eigenvalue weighted by atomic mass is 10.4. The summed E-state index contributed by atoms with van der Waals surface area (Å²) >= 11 is 3.45. The highest BCUT2D eigenvalue weighted by atomic mass is 79.9. The second-order valence-electron chi connectivity index (χ2n) is 3.15. The summed E-state index contributed by atoms with van der Waals surface area (Å²) in [6.07, 6.45) is 1.76. The third-order valence-corrected chi connectivity index (χ3v) is 2.57. The molecule has 0 radical (unpaired) electrons. The molecule has 2 aromatic heterocycles. The second-order valence-corrected chi connectivity index (χ2v) is 4.00. The summed E-state index contributed by atoms with van der Waals surface area (Å²) in [4.78, 5) is 4.28. The van der Waals surface area contributed by atoms with Gasteiger partial charge in [0.1, 0.15) is 0 Å². The lowest BCUT2D eigenvalue weighted by Crippen LogP contribution is -2.02. The van der Waals surface area contributed by atoms with Crippen molar-refractivity contribution in [3.8, 4) is 5.82 Å². The zero-order valence-electron chi connectivity index (χ0n) is 8.03. The van der Waals surface area contributed by atoms with Gasteiger partial charge in [0.05, 0.1) is 10.2 Å². The summed E-state index contributed by atoms with van der Waals surface area (Å²) in [6, 6.07) is 5.87. The topological polar surface area (TPSA) is 30.7 Å². The Balaban J connectivity index is 2.60. The van der Waals surface area contributed by atoms with Crippen LogP contribution in [0.4, 0.5) is 0 Å². The molecule has 2 aromatic rings. The standard InChI is InChI=1S/C10H10BrN3/c1-7-6-8(2)14(13-7)10-9(11)4-3-5-12-10/h3-6H,1-2H3. The number of halogens is 1. The zero-order chi connectivity index (χ0) is 10.1. The lowest BCUT2D eigenvalue weighted by Gasteiger charge is -2.04. The lowest BCUT2D eigenvalue weighted by molar-refractivity contribution is 0.802. The zero-order valence-corrected chi connectivity index (χ0v) is 9.62. The van der Waals surface area contributed by atoms with Crippen molar-refractivity contribution in [2.75, 3.05) is 0 Å². The molecule has 0 aliphatic carbocycles. The Bertz CT molecular complexity index is 462. The minimum atomic E-state index is 0.832. The Labute approximate surface area is 90.9 Å². The average molecular weight is 252 g/mol. The van der Waals surface area contributed by atoms with Gasteiger partial charge in [-0.25, -0.2) is 9.67 Å². The summed E-state index contributed by atoms with van der Waals surface area (Å²) in [5.41, 5.74) is 2.09. The molecule has 2 heterocycles. The van der Waals surface area contributed by atoms with Gasteiger partial charge >= 0.3 is 0 Å². The van der Waals surface area contributed by atoms with E-state index in [1.165, 1.54) is 0 Å². The molecule has 0 N–H and O–H groups in total. The fraction of sp³-hybridized carbons (Fsp3) is 0.200. The molecule has 72 valence electrons. The van der Waals surface area contributed by atoms with E-state index >= 15 is 0 Å². The molecule has 4 heteroatoms. The van der Waals surface area contributed by atoms with Crippen LogP contribution in [0.1, 0.15) is 11.4 Å². The van der Waals surface area contributed by atoms with E-state index in [1.54, 1.807) is 6.20 Å². The molecule has 0 saturated heterocycles. The highest BCUT2D eigenvalue weighted by molar-refractivity contribution is 9.10. The van der Waals surface area contributed by atoms with Gasteiger partial charge in [-0.1, -0.05) is 0 Å². The first-order valence-electron chi connectivity index (χ1n) is 4.32. The van der Waals surface area contributed by atoms with Crippen molar-refractivity contribution in [2.45, 2.75) is 13.8 Å². The van der Waals surface area contributed by atoms with Crippen LogP contribution in [-0.2, 0) is 0 Å². The van der Waals surface area contributed by atoms with Gasteiger partial charge in [0.15, 0.2) is 5.82 Å². The van der Waals surface area contributed by atoms with Gasteiger partial charge in [-0.05, 0) is 48.0 Å². The quantitative estimate of drug-likeness (QED) is 0.781. The molecule has 0 fully saturated rings. The molecule has 0 atom stereocenters. The first-order valence-corrected chi connectivity index (χ1v) is 5.12. The molecular formula is C10H10BrN3. The molecule has 2 rings (SSSR count). The van der Waals surface area contributed by atoms with Crippen molar-refractivity contribution >= 4 is 15.9 Å². The van der Waals surface area contributed by atoms with Crippen molar-refractivity contribution < 1.29 is 0 Å². The normalized spacial score (nSPS) is 10.5. The van der Waals surface area contributed by atoms with Gasteiger partial charge in [0.25, 0.3) is 0 Å². The second kappa shape index (κ2) is 3.53. The predicted octanol–water partition coefficient (Wildman–Crippen LogP) is 2.65. The average Bonchev–Trinajstić information content (AvgIpc) is 2.46.